The van der Waals surface area contributed by atoms with E-state index in [2.05, 4.69) is 91.4 Å². The first-order chi connectivity index (χ1) is 21.8. The van der Waals surface area contributed by atoms with Gasteiger partial charge in [-0.1, -0.05) is 81.1 Å². The predicted octanol–water partition coefficient (Wildman–Crippen LogP) is 13.3. The summed E-state index contributed by atoms with van der Waals surface area (Å²) in [6.07, 6.45) is 18.0. The number of allylic oxidation sites excluding steroid dienone is 2. The molecule has 3 rings (SSSR count). The van der Waals surface area contributed by atoms with Crippen LogP contribution in [0.4, 0.5) is 0 Å². The Bertz CT molecular complexity index is 1150. The molecule has 0 saturated carbocycles. The van der Waals surface area contributed by atoms with Crippen molar-refractivity contribution < 1.29 is 19.1 Å². The first kappa shape index (κ1) is 39.2. The van der Waals surface area contributed by atoms with Crippen LogP contribution >= 0.6 is 0 Å². The van der Waals surface area contributed by atoms with E-state index in [0.717, 1.165) is 88.4 Å². The molecule has 0 saturated heterocycles. The van der Waals surface area contributed by atoms with Crippen LogP contribution in [0.2, 0.25) is 11.8 Å². The normalized spacial score (nSPS) is 13.2. The SMILES string of the molecule is CCCCC1=C(c2cc(CC)c(CCCC)c(CC)c2)[N+](=[N-])C(c2cc(CC)c(CCCC)c(CC)c2)=C1CCCC.[CH3][Ni][CH3]. The summed E-state index contributed by atoms with van der Waals surface area (Å²) in [6.45, 7) is 18.3. The van der Waals surface area contributed by atoms with Gasteiger partial charge < -0.3 is 5.53 Å². The van der Waals surface area contributed by atoms with Gasteiger partial charge in [0.05, 0.1) is 0 Å². The van der Waals surface area contributed by atoms with E-state index in [4.69, 9.17) is 0 Å². The van der Waals surface area contributed by atoms with E-state index >= 15 is 0 Å². The van der Waals surface area contributed by atoms with Gasteiger partial charge in [-0.25, -0.2) is 4.70 Å². The van der Waals surface area contributed by atoms with Gasteiger partial charge in [0.1, 0.15) is 0 Å². The third-order valence-corrected chi connectivity index (χ3v) is 9.42. The maximum atomic E-state index is 12.3. The van der Waals surface area contributed by atoms with Gasteiger partial charge >= 0.3 is 26.2 Å². The standard InChI is InChI=1S/C40H60N2.2CH3.Ni/c1-9-17-21-35-29(13-5)25-33(26-30(35)14-6)39-37(23-19-11-3)38(24-20-12-4)40(42(39)41)34-27-31(15-7)36(22-18-10-2)32(16-8)28-34;;;/h25-28H,9-24H2,1-8H3;2*1H3;. The maximum absolute atomic E-state index is 12.3. The molecule has 45 heavy (non-hydrogen) atoms. The minimum absolute atomic E-state index is 1.02. The average molecular weight is 658 g/mol. The molecule has 1 heterocycles. The molecule has 2 nitrogen and oxygen atoms in total. The number of rotatable bonds is 18. The van der Waals surface area contributed by atoms with Crippen LogP contribution in [0.25, 0.3) is 16.9 Å². The molecule has 0 bridgehead atoms. The van der Waals surface area contributed by atoms with Gasteiger partial charge in [0, 0.05) is 22.3 Å². The number of hydrogen-bond acceptors (Lipinski definition) is 0. The van der Waals surface area contributed by atoms with E-state index in [-0.39, 0.29) is 0 Å². The number of benzene rings is 2. The van der Waals surface area contributed by atoms with E-state index in [1.54, 1.807) is 30.3 Å². The molecule has 1 aliphatic heterocycles. The molecule has 2 aromatic rings. The van der Waals surface area contributed by atoms with Crippen molar-refractivity contribution in [3.05, 3.63) is 85.5 Å². The molecule has 0 atom stereocenters. The average Bonchev–Trinajstić information content (AvgIpc) is 3.33. The second kappa shape index (κ2) is 21.0. The summed E-state index contributed by atoms with van der Waals surface area (Å²) in [4.78, 5) is 0. The Morgan fingerprint density at radius 1 is 0.489 bits per heavy atom. The zero-order chi connectivity index (χ0) is 33.4. The van der Waals surface area contributed by atoms with Gasteiger partial charge in [-0.05, 0) is 135 Å². The Kier molecular flexibility index (Phi) is 18.3. The zero-order valence-corrected chi connectivity index (χ0v) is 31.8. The van der Waals surface area contributed by atoms with Gasteiger partial charge in [0.2, 0.25) is 11.4 Å². The second-order valence-corrected chi connectivity index (χ2v) is 13.6. The topological polar surface area (TPSA) is 25.3 Å². The molecule has 0 aliphatic carbocycles. The summed E-state index contributed by atoms with van der Waals surface area (Å²) < 4.78 is 1.62. The van der Waals surface area contributed by atoms with Crippen LogP contribution in [0.15, 0.2) is 35.4 Å². The Morgan fingerprint density at radius 3 is 1.00 bits per heavy atom. The summed E-state index contributed by atoms with van der Waals surface area (Å²) in [6, 6.07) is 9.66. The molecule has 3 heteroatoms. The molecule has 2 aromatic carbocycles. The first-order valence-electron chi connectivity index (χ1n) is 18.3. The van der Waals surface area contributed by atoms with E-state index in [1.165, 1.54) is 70.2 Å². The van der Waals surface area contributed by atoms with Crippen molar-refractivity contribution in [1.29, 1.82) is 0 Å². The van der Waals surface area contributed by atoms with E-state index in [0.29, 0.717) is 0 Å². The van der Waals surface area contributed by atoms with Crippen molar-refractivity contribution in [3.8, 4) is 0 Å². The quantitative estimate of drug-likeness (QED) is 0.113. The molecule has 0 unspecified atom stereocenters. The Balaban J connectivity index is 0.00000226. The van der Waals surface area contributed by atoms with Gasteiger partial charge in [-0.15, -0.1) is 0 Å². The zero-order valence-electron chi connectivity index (χ0n) is 30.8. The van der Waals surface area contributed by atoms with Crippen molar-refractivity contribution in [2.45, 2.75) is 170 Å². The van der Waals surface area contributed by atoms with E-state index in [1.807, 2.05) is 0 Å². The molecule has 0 spiro atoms. The predicted molar refractivity (Wildman–Crippen MR) is 196 cm³/mol. The Labute approximate surface area is 284 Å². The molecule has 1 aliphatic rings. The molecular formula is C42H66N2Ni. The molecule has 254 valence electrons. The van der Waals surface area contributed by atoms with Crippen LogP contribution in [0.3, 0.4) is 0 Å². The van der Waals surface area contributed by atoms with Crippen LogP contribution in [0.1, 0.15) is 164 Å². The second-order valence-electron chi connectivity index (χ2n) is 12.7. The van der Waals surface area contributed by atoms with Crippen molar-refractivity contribution in [1.82, 2.24) is 0 Å². The summed E-state index contributed by atoms with van der Waals surface area (Å²) in [5.74, 6) is 4.12. The van der Waals surface area contributed by atoms with Crippen LogP contribution < -0.4 is 0 Å². The Hall–Kier alpha value is -1.99. The number of aryl methyl sites for hydroxylation is 4. The molecule has 0 aromatic heterocycles. The van der Waals surface area contributed by atoms with Crippen molar-refractivity contribution in [2.75, 3.05) is 0 Å². The van der Waals surface area contributed by atoms with Crippen LogP contribution in [0.5, 0.6) is 0 Å². The molecular weight excluding hydrogens is 591 g/mol. The fourth-order valence-electron chi connectivity index (χ4n) is 6.97. The van der Waals surface area contributed by atoms with Gasteiger partial charge in [-0.2, -0.15) is 0 Å². The van der Waals surface area contributed by atoms with Crippen LogP contribution in [-0.4, -0.2) is 4.70 Å². The van der Waals surface area contributed by atoms with Crippen molar-refractivity contribution in [3.63, 3.8) is 0 Å². The third-order valence-electron chi connectivity index (χ3n) is 9.42. The monoisotopic (exact) mass is 656 g/mol. The fraction of sp³-hybridized carbons (Fsp3) is 0.619. The minimum atomic E-state index is 1.02. The first-order valence-corrected chi connectivity index (χ1v) is 20.3. The molecule has 0 N–H and O–H groups in total. The number of unbranched alkanes of at least 4 members (excludes halogenated alkanes) is 4. The van der Waals surface area contributed by atoms with Crippen molar-refractivity contribution in [2.24, 2.45) is 0 Å². The summed E-state index contributed by atoms with van der Waals surface area (Å²) in [7, 11) is 0. The number of hydrogen-bond donors (Lipinski definition) is 0. The van der Waals surface area contributed by atoms with Crippen LogP contribution in [-0.2, 0) is 53.0 Å². The summed E-state index contributed by atoms with van der Waals surface area (Å²) in [5.41, 5.74) is 28.5. The third kappa shape index (κ3) is 10.0. The number of nitrogens with zero attached hydrogens (tertiary/aromatic N) is 2. The molecule has 0 amide bonds. The fourth-order valence-corrected chi connectivity index (χ4v) is 6.97. The van der Waals surface area contributed by atoms with E-state index in [9.17, 15) is 5.53 Å². The van der Waals surface area contributed by atoms with Crippen LogP contribution in [0, 0.1) is 0 Å². The summed E-state index contributed by atoms with van der Waals surface area (Å²) in [5, 5.41) is 0. The molecule has 0 radical (unpaired) electrons. The van der Waals surface area contributed by atoms with Crippen molar-refractivity contribution >= 4 is 11.4 Å². The van der Waals surface area contributed by atoms with E-state index < -0.39 is 0 Å². The van der Waals surface area contributed by atoms with Gasteiger partial charge in [0.15, 0.2) is 0 Å². The summed E-state index contributed by atoms with van der Waals surface area (Å²) >= 11 is 1.62. The van der Waals surface area contributed by atoms with Gasteiger partial charge in [-0.3, -0.25) is 0 Å². The molecule has 0 fully saturated rings. The van der Waals surface area contributed by atoms with Gasteiger partial charge in [0.25, 0.3) is 0 Å². The Morgan fingerprint density at radius 2 is 0.756 bits per heavy atom.